The quantitative estimate of drug-likeness (QED) is 0.659. The molecule has 1 aromatic heterocycles. The highest BCUT2D eigenvalue weighted by atomic mass is 15.3. The van der Waals surface area contributed by atoms with E-state index in [0.29, 0.717) is 0 Å². The Hall–Kier alpha value is -0.860. The molecule has 2 rings (SSSR count). The monoisotopic (exact) mass is 179 g/mol. The van der Waals surface area contributed by atoms with E-state index < -0.39 is 0 Å². The summed E-state index contributed by atoms with van der Waals surface area (Å²) in [4.78, 5) is 0. The fourth-order valence-corrected chi connectivity index (χ4v) is 1.98. The summed E-state index contributed by atoms with van der Waals surface area (Å²) in [5, 5.41) is 8.45. The van der Waals surface area contributed by atoms with Crippen molar-refractivity contribution in [2.75, 3.05) is 0 Å². The smallest absolute Gasteiger partial charge is 0.132 e. The maximum Gasteiger partial charge on any atom is 0.132 e. The zero-order chi connectivity index (χ0) is 9.10. The molecule has 72 valence electrons. The van der Waals surface area contributed by atoms with Crippen LogP contribution in [0.25, 0.3) is 0 Å². The molecule has 13 heavy (non-hydrogen) atoms. The Bertz CT molecular complexity index is 278. The minimum Gasteiger partial charge on any atom is -0.315 e. The third-order valence-corrected chi connectivity index (χ3v) is 2.75. The van der Waals surface area contributed by atoms with Crippen molar-refractivity contribution in [3.63, 3.8) is 0 Å². The zero-order valence-electron chi connectivity index (χ0n) is 8.29. The molecule has 2 heterocycles. The van der Waals surface area contributed by atoms with Crippen LogP contribution in [0.4, 0.5) is 0 Å². The van der Waals surface area contributed by atoms with E-state index >= 15 is 0 Å². The van der Waals surface area contributed by atoms with Gasteiger partial charge in [0.2, 0.25) is 0 Å². The molecule has 1 aromatic rings. The Morgan fingerprint density at radius 3 is 2.85 bits per heavy atom. The molecule has 3 heteroatoms. The number of nitrogens with zero attached hydrogens (tertiary/aromatic N) is 3. The van der Waals surface area contributed by atoms with Gasteiger partial charge in [0, 0.05) is 19.4 Å². The summed E-state index contributed by atoms with van der Waals surface area (Å²) in [6, 6.07) is 0. The second kappa shape index (κ2) is 3.90. The van der Waals surface area contributed by atoms with E-state index in [1.165, 1.54) is 31.5 Å². The van der Waals surface area contributed by atoms with Gasteiger partial charge < -0.3 is 4.57 Å². The van der Waals surface area contributed by atoms with Crippen LogP contribution < -0.4 is 0 Å². The topological polar surface area (TPSA) is 30.7 Å². The molecule has 0 unspecified atom stereocenters. The van der Waals surface area contributed by atoms with Crippen LogP contribution >= 0.6 is 0 Å². The lowest BCUT2D eigenvalue weighted by Gasteiger charge is -2.12. The molecule has 0 fully saturated rings. The largest absolute Gasteiger partial charge is 0.315 e. The highest BCUT2D eigenvalue weighted by Gasteiger charge is 2.11. The molecule has 0 radical (unpaired) electrons. The Morgan fingerprint density at radius 2 is 2.00 bits per heavy atom. The van der Waals surface area contributed by atoms with Crippen LogP contribution in [0.1, 0.15) is 44.3 Å². The number of hydrogen-bond acceptors (Lipinski definition) is 2. The van der Waals surface area contributed by atoms with Crippen LogP contribution in [-0.2, 0) is 19.4 Å². The minimum atomic E-state index is 1.01. The van der Waals surface area contributed by atoms with Crippen LogP contribution in [-0.4, -0.2) is 14.8 Å². The maximum absolute atomic E-state index is 4.24. The van der Waals surface area contributed by atoms with E-state index in [2.05, 4.69) is 21.7 Å². The van der Waals surface area contributed by atoms with Crippen LogP contribution in [0.15, 0.2) is 0 Å². The number of hydrogen-bond donors (Lipinski definition) is 0. The van der Waals surface area contributed by atoms with E-state index in [4.69, 9.17) is 0 Å². The summed E-state index contributed by atoms with van der Waals surface area (Å²) in [5.41, 5.74) is 0. The van der Waals surface area contributed by atoms with Gasteiger partial charge in [0.1, 0.15) is 11.6 Å². The summed E-state index contributed by atoms with van der Waals surface area (Å²) in [5.74, 6) is 2.37. The van der Waals surface area contributed by atoms with Crippen molar-refractivity contribution in [2.45, 2.75) is 52.0 Å². The van der Waals surface area contributed by atoms with Gasteiger partial charge in [0.15, 0.2) is 0 Å². The van der Waals surface area contributed by atoms with Crippen molar-refractivity contribution in [1.82, 2.24) is 14.8 Å². The van der Waals surface area contributed by atoms with E-state index in [9.17, 15) is 0 Å². The standard InChI is InChI=1S/C10H17N3/c1-2-9-11-12-10-7-5-3-4-6-8-13(9)10/h2-8H2,1H3. The maximum atomic E-state index is 4.24. The summed E-state index contributed by atoms with van der Waals surface area (Å²) >= 11 is 0. The van der Waals surface area contributed by atoms with Gasteiger partial charge in [-0.1, -0.05) is 19.8 Å². The Labute approximate surface area is 79.2 Å². The molecule has 0 aliphatic carbocycles. The molecule has 1 aliphatic heterocycles. The third-order valence-electron chi connectivity index (χ3n) is 2.75. The highest BCUT2D eigenvalue weighted by Crippen LogP contribution is 2.14. The second-order valence-electron chi connectivity index (χ2n) is 3.70. The number of fused-ring (bicyclic) bond motifs is 1. The lowest BCUT2D eigenvalue weighted by atomic mass is 10.1. The van der Waals surface area contributed by atoms with Crippen molar-refractivity contribution in [2.24, 2.45) is 0 Å². The zero-order valence-corrected chi connectivity index (χ0v) is 8.29. The van der Waals surface area contributed by atoms with Crippen molar-refractivity contribution in [3.8, 4) is 0 Å². The fourth-order valence-electron chi connectivity index (χ4n) is 1.98. The van der Waals surface area contributed by atoms with Gasteiger partial charge >= 0.3 is 0 Å². The van der Waals surface area contributed by atoms with Gasteiger partial charge in [-0.25, -0.2) is 0 Å². The predicted molar refractivity (Wildman–Crippen MR) is 51.6 cm³/mol. The van der Waals surface area contributed by atoms with Crippen molar-refractivity contribution in [1.29, 1.82) is 0 Å². The van der Waals surface area contributed by atoms with Gasteiger partial charge in [0.05, 0.1) is 0 Å². The Morgan fingerprint density at radius 1 is 1.15 bits per heavy atom. The normalized spacial score (nSPS) is 17.6. The van der Waals surface area contributed by atoms with Crippen molar-refractivity contribution < 1.29 is 0 Å². The van der Waals surface area contributed by atoms with Crippen LogP contribution in [0, 0.1) is 0 Å². The molecule has 1 aliphatic rings. The average molecular weight is 179 g/mol. The molecule has 0 bridgehead atoms. The molecule has 3 nitrogen and oxygen atoms in total. The molecule has 0 amide bonds. The molecule has 0 saturated carbocycles. The molecular weight excluding hydrogens is 162 g/mol. The summed E-state index contributed by atoms with van der Waals surface area (Å²) < 4.78 is 2.32. The first-order chi connectivity index (χ1) is 6.42. The van der Waals surface area contributed by atoms with Crippen LogP contribution in [0.3, 0.4) is 0 Å². The van der Waals surface area contributed by atoms with Crippen molar-refractivity contribution >= 4 is 0 Å². The average Bonchev–Trinajstić information content (AvgIpc) is 2.46. The van der Waals surface area contributed by atoms with Crippen LogP contribution in [0.2, 0.25) is 0 Å². The molecule has 0 spiro atoms. The van der Waals surface area contributed by atoms with Gasteiger partial charge in [-0.15, -0.1) is 10.2 Å². The Balaban J connectivity index is 2.25. The van der Waals surface area contributed by atoms with Crippen LogP contribution in [0.5, 0.6) is 0 Å². The highest BCUT2D eigenvalue weighted by molar-refractivity contribution is 4.96. The molecular formula is C10H17N3. The molecule has 0 aromatic carbocycles. The first-order valence-electron chi connectivity index (χ1n) is 5.32. The summed E-state index contributed by atoms with van der Waals surface area (Å²) in [6.07, 6.45) is 7.41. The predicted octanol–water partition coefficient (Wildman–Crippen LogP) is 1.96. The number of aromatic nitrogens is 3. The first-order valence-corrected chi connectivity index (χ1v) is 5.32. The van der Waals surface area contributed by atoms with Gasteiger partial charge in [-0.05, 0) is 12.8 Å². The van der Waals surface area contributed by atoms with Gasteiger partial charge in [-0.2, -0.15) is 0 Å². The first kappa shape index (κ1) is 8.73. The molecule has 0 saturated heterocycles. The number of rotatable bonds is 1. The van der Waals surface area contributed by atoms with E-state index in [1.807, 2.05) is 0 Å². The van der Waals surface area contributed by atoms with Gasteiger partial charge in [0.25, 0.3) is 0 Å². The lowest BCUT2D eigenvalue weighted by molar-refractivity contribution is 0.506. The van der Waals surface area contributed by atoms with Crippen molar-refractivity contribution in [3.05, 3.63) is 11.6 Å². The van der Waals surface area contributed by atoms with E-state index in [1.54, 1.807) is 0 Å². The van der Waals surface area contributed by atoms with E-state index in [0.717, 1.165) is 25.2 Å². The van der Waals surface area contributed by atoms with Gasteiger partial charge in [-0.3, -0.25) is 0 Å². The fraction of sp³-hybridized carbons (Fsp3) is 0.800. The molecule has 0 atom stereocenters. The molecule has 0 N–H and O–H groups in total. The van der Waals surface area contributed by atoms with E-state index in [-0.39, 0.29) is 0 Å². The SMILES string of the molecule is CCc1nnc2n1CCCCCC2. The third kappa shape index (κ3) is 1.74. The second-order valence-corrected chi connectivity index (χ2v) is 3.70. The summed E-state index contributed by atoms with van der Waals surface area (Å²) in [6.45, 7) is 3.28. The number of aryl methyl sites for hydroxylation is 2. The minimum absolute atomic E-state index is 1.01. The lowest BCUT2D eigenvalue weighted by Crippen LogP contribution is -2.10. The Kier molecular flexibility index (Phi) is 2.62. The summed E-state index contributed by atoms with van der Waals surface area (Å²) in [7, 11) is 0.